The Morgan fingerprint density at radius 2 is 1.77 bits per heavy atom. The van der Waals surface area contributed by atoms with Crippen LogP contribution in [0, 0.1) is 0 Å². The molecule has 30 heavy (non-hydrogen) atoms. The number of piperazine rings is 1. The van der Waals surface area contributed by atoms with E-state index >= 15 is 0 Å². The Labute approximate surface area is 172 Å². The van der Waals surface area contributed by atoms with Gasteiger partial charge in [0.05, 0.1) is 24.0 Å². The summed E-state index contributed by atoms with van der Waals surface area (Å²) in [5.41, 5.74) is -0.302. The number of benzene rings is 1. The fourth-order valence-electron chi connectivity index (χ4n) is 3.18. The zero-order valence-corrected chi connectivity index (χ0v) is 16.9. The van der Waals surface area contributed by atoms with Gasteiger partial charge in [0, 0.05) is 32.4 Å². The van der Waals surface area contributed by atoms with Gasteiger partial charge >= 0.3 is 12.1 Å². The van der Waals surface area contributed by atoms with Crippen LogP contribution in [0.2, 0.25) is 0 Å². The Balaban J connectivity index is 1.67. The molecule has 0 radical (unpaired) electrons. The van der Waals surface area contributed by atoms with Crippen LogP contribution in [-0.2, 0) is 26.7 Å². The second kappa shape index (κ2) is 8.60. The van der Waals surface area contributed by atoms with Crippen molar-refractivity contribution < 1.29 is 31.1 Å². The van der Waals surface area contributed by atoms with Crippen molar-refractivity contribution in [3.8, 4) is 0 Å². The highest BCUT2D eigenvalue weighted by molar-refractivity contribution is 7.88. The molecule has 7 nitrogen and oxygen atoms in total. The van der Waals surface area contributed by atoms with Crippen molar-refractivity contribution in [1.29, 1.82) is 0 Å². The SMILES string of the molecule is COC(=O)c1ccccc1CS(=O)(=O)N1CCN(c2ccc(C(F)(F)F)cn2)CC1. The Morgan fingerprint density at radius 1 is 1.10 bits per heavy atom. The van der Waals surface area contributed by atoms with Crippen LogP contribution in [0.3, 0.4) is 0 Å². The van der Waals surface area contributed by atoms with Crippen LogP contribution in [0.25, 0.3) is 0 Å². The smallest absolute Gasteiger partial charge is 0.417 e. The number of anilines is 1. The van der Waals surface area contributed by atoms with E-state index in [1.54, 1.807) is 23.1 Å². The third-order valence-corrected chi connectivity index (χ3v) is 6.62. The molecule has 1 aliphatic rings. The first-order chi connectivity index (χ1) is 14.1. The van der Waals surface area contributed by atoms with Crippen LogP contribution in [0.1, 0.15) is 21.5 Å². The molecule has 1 aliphatic heterocycles. The van der Waals surface area contributed by atoms with E-state index in [9.17, 15) is 26.4 Å². The third-order valence-electron chi connectivity index (χ3n) is 4.79. The summed E-state index contributed by atoms with van der Waals surface area (Å²) in [4.78, 5) is 17.4. The molecule has 1 aromatic carbocycles. The monoisotopic (exact) mass is 443 g/mol. The molecular weight excluding hydrogens is 423 g/mol. The van der Waals surface area contributed by atoms with E-state index in [1.165, 1.54) is 23.5 Å². The van der Waals surface area contributed by atoms with Gasteiger partial charge in [0.25, 0.3) is 0 Å². The molecule has 0 amide bonds. The molecular formula is C19H20F3N3O4S. The van der Waals surface area contributed by atoms with Crippen molar-refractivity contribution in [2.24, 2.45) is 0 Å². The van der Waals surface area contributed by atoms with Crippen LogP contribution in [0.5, 0.6) is 0 Å². The van der Waals surface area contributed by atoms with E-state index in [-0.39, 0.29) is 37.5 Å². The molecule has 0 bridgehead atoms. The fourth-order valence-corrected chi connectivity index (χ4v) is 4.73. The molecule has 1 saturated heterocycles. The predicted octanol–water partition coefficient (Wildman–Crippen LogP) is 2.54. The lowest BCUT2D eigenvalue weighted by atomic mass is 10.1. The summed E-state index contributed by atoms with van der Waals surface area (Å²) in [6, 6.07) is 8.57. The second-order valence-corrected chi connectivity index (χ2v) is 8.66. The highest BCUT2D eigenvalue weighted by atomic mass is 32.2. The Morgan fingerprint density at radius 3 is 2.33 bits per heavy atom. The Bertz CT molecular complexity index is 1000. The minimum absolute atomic E-state index is 0.158. The third kappa shape index (κ3) is 4.90. The lowest BCUT2D eigenvalue weighted by Crippen LogP contribution is -2.49. The molecule has 2 aromatic rings. The summed E-state index contributed by atoms with van der Waals surface area (Å²) in [7, 11) is -2.48. The lowest BCUT2D eigenvalue weighted by molar-refractivity contribution is -0.137. The van der Waals surface area contributed by atoms with Crippen molar-refractivity contribution >= 4 is 21.8 Å². The number of carbonyl (C=O) groups excluding carboxylic acids is 1. The number of ether oxygens (including phenoxy) is 1. The zero-order chi connectivity index (χ0) is 21.9. The summed E-state index contributed by atoms with van der Waals surface area (Å²) in [6.45, 7) is 0.892. The molecule has 0 atom stereocenters. The van der Waals surface area contributed by atoms with Gasteiger partial charge in [-0.25, -0.2) is 18.2 Å². The number of pyridine rings is 1. The van der Waals surface area contributed by atoms with Crippen molar-refractivity contribution in [1.82, 2.24) is 9.29 Å². The van der Waals surface area contributed by atoms with Gasteiger partial charge in [0.15, 0.2) is 0 Å². The maximum atomic E-state index is 12.8. The van der Waals surface area contributed by atoms with Crippen molar-refractivity contribution in [2.45, 2.75) is 11.9 Å². The summed E-state index contributed by atoms with van der Waals surface area (Å²) < 4.78 is 69.7. The number of aromatic nitrogens is 1. The van der Waals surface area contributed by atoms with Crippen LogP contribution >= 0.6 is 0 Å². The van der Waals surface area contributed by atoms with Crippen LogP contribution in [0.15, 0.2) is 42.6 Å². The molecule has 0 unspecified atom stereocenters. The highest BCUT2D eigenvalue weighted by Crippen LogP contribution is 2.29. The number of alkyl halides is 3. The number of halogens is 3. The van der Waals surface area contributed by atoms with Gasteiger partial charge in [-0.2, -0.15) is 17.5 Å². The van der Waals surface area contributed by atoms with Crippen LogP contribution < -0.4 is 4.90 Å². The summed E-state index contributed by atoms with van der Waals surface area (Å²) >= 11 is 0. The van der Waals surface area contributed by atoms with Gasteiger partial charge in [0.2, 0.25) is 10.0 Å². The normalized spacial score (nSPS) is 15.8. The van der Waals surface area contributed by atoms with Crippen LogP contribution in [0.4, 0.5) is 19.0 Å². The highest BCUT2D eigenvalue weighted by Gasteiger charge is 2.32. The van der Waals surface area contributed by atoms with E-state index in [0.29, 0.717) is 11.4 Å². The molecule has 0 N–H and O–H groups in total. The average molecular weight is 443 g/mol. The number of sulfonamides is 1. The summed E-state index contributed by atoms with van der Waals surface area (Å²) in [5, 5.41) is 0. The predicted molar refractivity (Wildman–Crippen MR) is 103 cm³/mol. The first kappa shape index (κ1) is 22.0. The Kier molecular flexibility index (Phi) is 6.32. The van der Waals surface area contributed by atoms with Gasteiger partial charge in [-0.15, -0.1) is 0 Å². The number of methoxy groups -OCH3 is 1. The minimum Gasteiger partial charge on any atom is -0.465 e. The molecule has 0 spiro atoms. The zero-order valence-electron chi connectivity index (χ0n) is 16.1. The number of esters is 1. The minimum atomic E-state index is -4.46. The summed E-state index contributed by atoms with van der Waals surface area (Å²) in [6.07, 6.45) is -3.69. The van der Waals surface area contributed by atoms with E-state index < -0.39 is 27.7 Å². The maximum Gasteiger partial charge on any atom is 0.417 e. The Hall–Kier alpha value is -2.66. The van der Waals surface area contributed by atoms with Gasteiger partial charge in [-0.05, 0) is 23.8 Å². The molecule has 2 heterocycles. The quantitative estimate of drug-likeness (QED) is 0.661. The van der Waals surface area contributed by atoms with Gasteiger partial charge in [-0.1, -0.05) is 18.2 Å². The molecule has 3 rings (SSSR count). The van der Waals surface area contributed by atoms with E-state index in [0.717, 1.165) is 12.3 Å². The van der Waals surface area contributed by atoms with Crippen molar-refractivity contribution in [2.75, 3.05) is 38.2 Å². The maximum absolute atomic E-state index is 12.8. The van der Waals surface area contributed by atoms with E-state index in [2.05, 4.69) is 4.98 Å². The molecule has 162 valence electrons. The van der Waals surface area contributed by atoms with E-state index in [4.69, 9.17) is 4.74 Å². The first-order valence-electron chi connectivity index (χ1n) is 9.04. The van der Waals surface area contributed by atoms with Crippen LogP contribution in [-0.4, -0.2) is 57.0 Å². The molecule has 0 saturated carbocycles. The largest absolute Gasteiger partial charge is 0.465 e. The topological polar surface area (TPSA) is 79.8 Å². The standard InChI is InChI=1S/C19H20F3N3O4S/c1-29-18(26)16-5-3-2-4-14(16)13-30(27,28)25-10-8-24(9-11-25)17-7-6-15(12-23-17)19(20,21)22/h2-7,12H,8-11,13H2,1H3. The van der Waals surface area contributed by atoms with Gasteiger partial charge in [0.1, 0.15) is 5.82 Å². The summed E-state index contributed by atoms with van der Waals surface area (Å²) in [5.74, 6) is -0.605. The average Bonchev–Trinajstić information content (AvgIpc) is 2.73. The number of hydrogen-bond acceptors (Lipinski definition) is 6. The molecule has 1 aromatic heterocycles. The van der Waals surface area contributed by atoms with Gasteiger partial charge < -0.3 is 9.64 Å². The number of rotatable bonds is 5. The molecule has 0 aliphatic carbocycles. The first-order valence-corrected chi connectivity index (χ1v) is 10.6. The second-order valence-electron chi connectivity index (χ2n) is 6.69. The molecule has 1 fully saturated rings. The molecule has 11 heteroatoms. The number of carbonyl (C=O) groups is 1. The van der Waals surface area contributed by atoms with Crippen molar-refractivity contribution in [3.63, 3.8) is 0 Å². The lowest BCUT2D eigenvalue weighted by Gasteiger charge is -2.34. The number of nitrogens with zero attached hydrogens (tertiary/aromatic N) is 3. The fraction of sp³-hybridized carbons (Fsp3) is 0.368. The van der Waals surface area contributed by atoms with Gasteiger partial charge in [-0.3, -0.25) is 0 Å². The number of hydrogen-bond donors (Lipinski definition) is 0. The van der Waals surface area contributed by atoms with E-state index in [1.807, 2.05) is 0 Å². The van der Waals surface area contributed by atoms with Crippen molar-refractivity contribution in [3.05, 3.63) is 59.3 Å².